The molecule has 126 valence electrons. The molecule has 0 saturated carbocycles. The fourth-order valence-corrected chi connectivity index (χ4v) is 11.1. The van der Waals surface area contributed by atoms with Crippen LogP contribution in [0.2, 0.25) is 13.1 Å². The summed E-state index contributed by atoms with van der Waals surface area (Å²) < 4.78 is 3.93. The van der Waals surface area contributed by atoms with Crippen LogP contribution in [0.3, 0.4) is 0 Å². The van der Waals surface area contributed by atoms with Crippen LogP contribution in [0.1, 0.15) is 0 Å². The third kappa shape index (κ3) is 2.82. The molecule has 0 fully saturated rings. The molecule has 0 amide bonds. The summed E-state index contributed by atoms with van der Waals surface area (Å²) in [4.78, 5) is 4.91. The Balaban J connectivity index is 2.13. The fourth-order valence-electron chi connectivity index (χ4n) is 3.50. The van der Waals surface area contributed by atoms with Crippen LogP contribution in [0, 0.1) is 3.57 Å². The van der Waals surface area contributed by atoms with E-state index in [1.54, 1.807) is 6.07 Å². The van der Waals surface area contributed by atoms with Crippen molar-refractivity contribution >= 4 is 83.7 Å². The van der Waals surface area contributed by atoms with Crippen molar-refractivity contribution in [1.82, 2.24) is 0 Å². The molecular weight excluding hydrogens is 572 g/mol. The molecular formula is C19H15BrINOSeSi. The zero-order valence-corrected chi connectivity index (χ0v) is 20.2. The van der Waals surface area contributed by atoms with Crippen molar-refractivity contribution in [2.75, 3.05) is 0 Å². The molecule has 0 bridgehead atoms. The number of phenols is 1. The van der Waals surface area contributed by atoms with Crippen LogP contribution in [-0.2, 0) is 0 Å². The van der Waals surface area contributed by atoms with Crippen molar-refractivity contribution in [3.63, 3.8) is 0 Å². The van der Waals surface area contributed by atoms with Crippen LogP contribution >= 0.6 is 38.5 Å². The molecule has 25 heavy (non-hydrogen) atoms. The Hall–Kier alpha value is -0.664. The number of nitrogens with zero attached hydrogens (tertiary/aromatic N) is 1. The minimum atomic E-state index is -2.01. The molecule has 0 radical (unpaired) electrons. The zero-order valence-electron chi connectivity index (χ0n) is 13.7. The Morgan fingerprint density at radius 2 is 1.96 bits per heavy atom. The predicted octanol–water partition coefficient (Wildman–Crippen LogP) is 2.98. The average Bonchev–Trinajstić information content (AvgIpc) is 2.88. The van der Waals surface area contributed by atoms with Crippen LogP contribution in [0.4, 0.5) is 5.69 Å². The molecule has 4 rings (SSSR count). The van der Waals surface area contributed by atoms with E-state index >= 15 is 0 Å². The van der Waals surface area contributed by atoms with Crippen LogP contribution in [-0.4, -0.2) is 27.7 Å². The first-order valence-electron chi connectivity index (χ1n) is 7.79. The molecule has 0 aliphatic carbocycles. The summed E-state index contributed by atoms with van der Waals surface area (Å²) in [5.41, 5.74) is 2.26. The molecule has 2 nitrogen and oxygen atoms in total. The average molecular weight is 587 g/mol. The van der Waals surface area contributed by atoms with Gasteiger partial charge in [0, 0.05) is 0 Å². The standard InChI is InChI=1S/C19H15BrINOSeSi/c1-10-4-6-14-18(17(10)15-9-12(21)19(20)24-15)25(2,3)16-8-11(23)5-7-13(16)22-14/h4-9,23H,1H2,2-3H3. The van der Waals surface area contributed by atoms with Gasteiger partial charge in [-0.2, -0.15) is 0 Å². The van der Waals surface area contributed by atoms with E-state index in [9.17, 15) is 5.11 Å². The van der Waals surface area contributed by atoms with Gasteiger partial charge in [-0.15, -0.1) is 0 Å². The Morgan fingerprint density at radius 3 is 2.64 bits per heavy atom. The number of benzene rings is 2. The fraction of sp³-hybridized carbons (Fsp3) is 0.105. The normalized spacial score (nSPS) is 14.6. The molecule has 2 aromatic carbocycles. The number of rotatable bonds is 1. The maximum atomic E-state index is 10.0. The van der Waals surface area contributed by atoms with Crippen LogP contribution < -0.4 is 20.9 Å². The summed E-state index contributed by atoms with van der Waals surface area (Å²) in [5.74, 6) is 0.313. The summed E-state index contributed by atoms with van der Waals surface area (Å²) in [6.45, 7) is 9.02. The van der Waals surface area contributed by atoms with Gasteiger partial charge in [-0.1, -0.05) is 0 Å². The summed E-state index contributed by atoms with van der Waals surface area (Å²) in [5, 5.41) is 14.7. The van der Waals surface area contributed by atoms with E-state index in [2.05, 4.69) is 76.4 Å². The number of aromatic hydroxyl groups is 1. The Labute approximate surface area is 175 Å². The van der Waals surface area contributed by atoms with Gasteiger partial charge in [0.15, 0.2) is 0 Å². The second-order valence-electron chi connectivity index (χ2n) is 6.66. The first-order chi connectivity index (χ1) is 11.8. The molecule has 1 aliphatic rings. The van der Waals surface area contributed by atoms with Gasteiger partial charge in [-0.3, -0.25) is 0 Å². The molecule has 1 aromatic heterocycles. The second-order valence-corrected chi connectivity index (χ2v) is 16.3. The van der Waals surface area contributed by atoms with Gasteiger partial charge in [-0.05, 0) is 0 Å². The monoisotopic (exact) mass is 587 g/mol. The van der Waals surface area contributed by atoms with E-state index in [0.717, 1.165) is 16.3 Å². The Kier molecular flexibility index (Phi) is 4.40. The van der Waals surface area contributed by atoms with Crippen molar-refractivity contribution in [3.8, 4) is 15.8 Å². The van der Waals surface area contributed by atoms with Gasteiger partial charge in [0.1, 0.15) is 0 Å². The van der Waals surface area contributed by atoms with Crippen molar-refractivity contribution in [2.45, 2.75) is 13.1 Å². The van der Waals surface area contributed by atoms with E-state index in [-0.39, 0.29) is 14.5 Å². The van der Waals surface area contributed by atoms with Crippen molar-refractivity contribution < 1.29 is 5.11 Å². The van der Waals surface area contributed by atoms with E-state index in [0.29, 0.717) is 5.75 Å². The Bertz CT molecular complexity index is 1120. The number of halogens is 2. The van der Waals surface area contributed by atoms with Gasteiger partial charge >= 0.3 is 177 Å². The van der Waals surface area contributed by atoms with Crippen LogP contribution in [0.15, 0.2) is 44.7 Å². The first kappa shape index (κ1) is 17.7. The summed E-state index contributed by atoms with van der Waals surface area (Å²) in [6.07, 6.45) is 0. The molecule has 0 atom stereocenters. The second kappa shape index (κ2) is 6.20. The molecule has 6 heteroatoms. The first-order valence-corrected chi connectivity index (χ1v) is 14.4. The van der Waals surface area contributed by atoms with Gasteiger partial charge in [0.25, 0.3) is 0 Å². The zero-order chi connectivity index (χ0) is 17.9. The summed E-state index contributed by atoms with van der Waals surface area (Å²) >= 11 is 6.36. The number of hydrogen-bond acceptors (Lipinski definition) is 2. The van der Waals surface area contributed by atoms with Crippen LogP contribution in [0.25, 0.3) is 16.6 Å². The van der Waals surface area contributed by atoms with E-state index < -0.39 is 8.07 Å². The number of phenolic OH excluding ortho intramolecular Hbond substituents is 1. The number of fused-ring (bicyclic) bond motifs is 2. The van der Waals surface area contributed by atoms with E-state index in [4.69, 9.17) is 4.99 Å². The van der Waals surface area contributed by atoms with Crippen LogP contribution in [0.5, 0.6) is 5.75 Å². The summed E-state index contributed by atoms with van der Waals surface area (Å²) in [6, 6.07) is 12.0. The van der Waals surface area contributed by atoms with E-state index in [1.807, 2.05) is 12.1 Å². The topological polar surface area (TPSA) is 32.6 Å². The van der Waals surface area contributed by atoms with Gasteiger partial charge in [0.05, 0.1) is 0 Å². The quantitative estimate of drug-likeness (QED) is 0.345. The predicted molar refractivity (Wildman–Crippen MR) is 120 cm³/mol. The molecule has 2 heterocycles. The van der Waals surface area contributed by atoms with Crippen molar-refractivity contribution in [2.24, 2.45) is 4.99 Å². The minimum absolute atomic E-state index is 0.266. The molecule has 1 aliphatic heterocycles. The molecule has 0 spiro atoms. The molecule has 0 saturated heterocycles. The molecule has 0 unspecified atom stereocenters. The number of hydrogen-bond donors (Lipinski definition) is 1. The summed E-state index contributed by atoms with van der Waals surface area (Å²) in [7, 11) is -2.01. The van der Waals surface area contributed by atoms with Crippen molar-refractivity contribution in [3.05, 3.63) is 53.9 Å². The van der Waals surface area contributed by atoms with Crippen molar-refractivity contribution in [1.29, 1.82) is 0 Å². The molecule has 3 aromatic rings. The van der Waals surface area contributed by atoms with Gasteiger partial charge in [-0.25, -0.2) is 0 Å². The molecule has 1 N–H and O–H groups in total. The van der Waals surface area contributed by atoms with Gasteiger partial charge < -0.3 is 0 Å². The van der Waals surface area contributed by atoms with Gasteiger partial charge in [0.2, 0.25) is 0 Å². The maximum absolute atomic E-state index is 10.0. The van der Waals surface area contributed by atoms with E-state index in [1.165, 1.54) is 27.3 Å². The third-order valence-corrected chi connectivity index (χ3v) is 13.8. The third-order valence-electron chi connectivity index (χ3n) is 4.68. The Morgan fingerprint density at radius 1 is 1.20 bits per heavy atom. The SMILES string of the molecule is C=c1ccc2c(c1-c1cc(I)c(Br)[se]1)[Si](C)(C)c1cc(O)ccc1N=2.